The van der Waals surface area contributed by atoms with Crippen molar-refractivity contribution in [2.45, 2.75) is 26.7 Å². The molecule has 0 radical (unpaired) electrons. The third-order valence-corrected chi connectivity index (χ3v) is 4.79. The Morgan fingerprint density at radius 1 is 1.19 bits per heavy atom. The van der Waals surface area contributed by atoms with Gasteiger partial charge in [0.2, 0.25) is 0 Å². The summed E-state index contributed by atoms with van der Waals surface area (Å²) in [7, 11) is 3.15. The molecule has 0 fully saturated rings. The molecule has 1 aliphatic carbocycles. The van der Waals surface area contributed by atoms with Crippen molar-refractivity contribution >= 4 is 0 Å². The van der Waals surface area contributed by atoms with Gasteiger partial charge in [-0.2, -0.15) is 0 Å². The summed E-state index contributed by atoms with van der Waals surface area (Å²) >= 11 is 0. The normalized spacial score (nSPS) is 23.0. The quantitative estimate of drug-likeness (QED) is 0.262. The van der Waals surface area contributed by atoms with E-state index in [-0.39, 0.29) is 11.0 Å². The summed E-state index contributed by atoms with van der Waals surface area (Å²) in [5, 5.41) is 0. The van der Waals surface area contributed by atoms with Crippen LogP contribution in [-0.2, 0) is 9.47 Å². The Balaban J connectivity index is 2.98. The summed E-state index contributed by atoms with van der Waals surface area (Å²) in [6.45, 7) is 20.4. The highest BCUT2D eigenvalue weighted by Crippen LogP contribution is 2.42. The zero-order chi connectivity index (χ0) is 19.9. The zero-order valence-electron chi connectivity index (χ0n) is 16.5. The minimum Gasteiger partial charge on any atom is -0.497 e. The van der Waals surface area contributed by atoms with Gasteiger partial charge >= 0.3 is 0 Å². The minimum atomic E-state index is -0.430. The lowest BCUT2D eigenvalue weighted by Gasteiger charge is -2.24. The van der Waals surface area contributed by atoms with Crippen LogP contribution in [0.5, 0.6) is 0 Å². The van der Waals surface area contributed by atoms with Crippen molar-refractivity contribution in [1.29, 1.82) is 0 Å². The van der Waals surface area contributed by atoms with Gasteiger partial charge in [0, 0.05) is 18.1 Å². The van der Waals surface area contributed by atoms with Gasteiger partial charge in [-0.05, 0) is 47.6 Å². The molecule has 0 aromatic rings. The van der Waals surface area contributed by atoms with E-state index < -0.39 is 5.83 Å². The Kier molecular flexibility index (Phi) is 8.04. The molecule has 0 N–H and O–H groups in total. The summed E-state index contributed by atoms with van der Waals surface area (Å²) in [4.78, 5) is 0. The Hall–Kier alpha value is -2.13. The summed E-state index contributed by atoms with van der Waals surface area (Å²) in [6.07, 6.45) is 8.94. The molecular weight excluding hydrogens is 327 g/mol. The number of ether oxygens (including phenoxy) is 2. The van der Waals surface area contributed by atoms with E-state index in [0.717, 1.165) is 17.6 Å². The summed E-state index contributed by atoms with van der Waals surface area (Å²) < 4.78 is 25.0. The lowest BCUT2D eigenvalue weighted by molar-refractivity contribution is 0.202. The van der Waals surface area contributed by atoms with Crippen LogP contribution in [0.15, 0.2) is 84.5 Å². The molecular formula is C23H31FO2. The molecule has 0 saturated heterocycles. The predicted octanol–water partition coefficient (Wildman–Crippen LogP) is 6.23. The first kappa shape index (κ1) is 21.9. The highest BCUT2D eigenvalue weighted by Gasteiger charge is 2.30. The largest absolute Gasteiger partial charge is 0.497 e. The molecule has 1 unspecified atom stereocenters. The summed E-state index contributed by atoms with van der Waals surface area (Å²) in [6, 6.07) is 0. The lowest BCUT2D eigenvalue weighted by Crippen LogP contribution is -2.13. The molecule has 3 heteroatoms. The van der Waals surface area contributed by atoms with E-state index in [1.165, 1.54) is 13.2 Å². The fraction of sp³-hybridized carbons (Fsp3) is 0.391. The third-order valence-electron chi connectivity index (χ3n) is 4.79. The second-order valence-electron chi connectivity index (χ2n) is 7.02. The average Bonchev–Trinajstić information content (AvgIpc) is 2.97. The SMILES string of the molecule is C=C(/C=C(/CCOC)C(=C)C(=C)/C(F)=C\C(=C)[C@@]1(C)C=CC(C)C1)OC. The van der Waals surface area contributed by atoms with E-state index in [4.69, 9.17) is 9.47 Å². The molecule has 2 nitrogen and oxygen atoms in total. The van der Waals surface area contributed by atoms with Gasteiger partial charge in [0.05, 0.1) is 13.7 Å². The predicted molar refractivity (Wildman–Crippen MR) is 108 cm³/mol. The first-order valence-corrected chi connectivity index (χ1v) is 8.72. The molecule has 0 bridgehead atoms. The number of hydrogen-bond donors (Lipinski definition) is 0. The van der Waals surface area contributed by atoms with Gasteiger partial charge in [0.15, 0.2) is 0 Å². The van der Waals surface area contributed by atoms with Crippen LogP contribution in [0, 0.1) is 11.3 Å². The molecule has 1 rings (SSSR count). The minimum absolute atomic E-state index is 0.225. The fourth-order valence-electron chi connectivity index (χ4n) is 2.94. The van der Waals surface area contributed by atoms with E-state index in [1.807, 2.05) is 0 Å². The number of rotatable bonds is 10. The molecule has 0 saturated carbocycles. The fourth-order valence-corrected chi connectivity index (χ4v) is 2.94. The lowest BCUT2D eigenvalue weighted by atomic mass is 9.80. The first-order chi connectivity index (χ1) is 12.1. The van der Waals surface area contributed by atoms with E-state index >= 15 is 0 Å². The van der Waals surface area contributed by atoms with Crippen LogP contribution in [0.3, 0.4) is 0 Å². The van der Waals surface area contributed by atoms with Crippen LogP contribution in [0.25, 0.3) is 0 Å². The summed E-state index contributed by atoms with van der Waals surface area (Å²) in [5.41, 5.74) is 2.02. The van der Waals surface area contributed by atoms with E-state index in [9.17, 15) is 4.39 Å². The van der Waals surface area contributed by atoms with Gasteiger partial charge in [0.25, 0.3) is 0 Å². The van der Waals surface area contributed by atoms with Crippen LogP contribution in [-0.4, -0.2) is 20.8 Å². The van der Waals surface area contributed by atoms with Crippen molar-refractivity contribution in [1.82, 2.24) is 0 Å². The van der Waals surface area contributed by atoms with Crippen molar-refractivity contribution < 1.29 is 13.9 Å². The number of hydrogen-bond acceptors (Lipinski definition) is 2. The third kappa shape index (κ3) is 5.70. The topological polar surface area (TPSA) is 18.5 Å². The highest BCUT2D eigenvalue weighted by molar-refractivity contribution is 5.54. The first-order valence-electron chi connectivity index (χ1n) is 8.72. The van der Waals surface area contributed by atoms with Crippen LogP contribution in [0.2, 0.25) is 0 Å². The van der Waals surface area contributed by atoms with Crippen LogP contribution in [0.1, 0.15) is 26.7 Å². The smallest absolute Gasteiger partial charge is 0.130 e. The molecule has 2 atom stereocenters. The van der Waals surface area contributed by atoms with Crippen molar-refractivity contribution in [2.75, 3.05) is 20.8 Å². The molecule has 0 amide bonds. The van der Waals surface area contributed by atoms with Crippen molar-refractivity contribution in [3.8, 4) is 0 Å². The standard InChI is InChI=1S/C23H31FO2/c1-16-9-11-23(6,15-16)17(2)13-22(24)20(5)19(4)21(10-12-25-7)14-18(3)26-8/h9,11,13-14,16H,2-5,10,12,15H2,1,6-8H3/b21-14-,22-13+/t16?,23-/m0/s1. The van der Waals surface area contributed by atoms with Crippen LogP contribution >= 0.6 is 0 Å². The molecule has 0 spiro atoms. The van der Waals surface area contributed by atoms with Gasteiger partial charge in [-0.15, -0.1) is 0 Å². The maximum atomic E-state index is 14.8. The van der Waals surface area contributed by atoms with Crippen LogP contribution in [0.4, 0.5) is 4.39 Å². The molecule has 1 aliphatic rings. The second-order valence-corrected chi connectivity index (χ2v) is 7.02. The van der Waals surface area contributed by atoms with E-state index in [0.29, 0.717) is 30.3 Å². The Labute approximate surface area is 157 Å². The van der Waals surface area contributed by atoms with E-state index in [1.54, 1.807) is 13.2 Å². The molecule has 142 valence electrons. The molecule has 0 heterocycles. The Morgan fingerprint density at radius 2 is 1.85 bits per heavy atom. The average molecular weight is 358 g/mol. The van der Waals surface area contributed by atoms with Gasteiger partial charge in [-0.3, -0.25) is 0 Å². The highest BCUT2D eigenvalue weighted by atomic mass is 19.1. The second kappa shape index (κ2) is 9.54. The monoisotopic (exact) mass is 358 g/mol. The van der Waals surface area contributed by atoms with Gasteiger partial charge in [-0.25, -0.2) is 4.39 Å². The molecule has 0 aromatic heterocycles. The number of halogens is 1. The number of allylic oxidation sites excluding steroid dienone is 8. The van der Waals surface area contributed by atoms with Crippen molar-refractivity contribution in [3.05, 3.63) is 84.5 Å². The molecule has 26 heavy (non-hydrogen) atoms. The Morgan fingerprint density at radius 3 is 2.35 bits per heavy atom. The number of methoxy groups -OCH3 is 2. The maximum absolute atomic E-state index is 14.8. The zero-order valence-corrected chi connectivity index (χ0v) is 16.5. The van der Waals surface area contributed by atoms with Crippen molar-refractivity contribution in [2.24, 2.45) is 11.3 Å². The van der Waals surface area contributed by atoms with Gasteiger partial charge in [-0.1, -0.05) is 52.3 Å². The van der Waals surface area contributed by atoms with Crippen LogP contribution < -0.4 is 0 Å². The maximum Gasteiger partial charge on any atom is 0.130 e. The Bertz CT molecular complexity index is 678. The molecule has 0 aliphatic heterocycles. The van der Waals surface area contributed by atoms with E-state index in [2.05, 4.69) is 52.3 Å². The van der Waals surface area contributed by atoms with Gasteiger partial charge in [0.1, 0.15) is 11.6 Å². The van der Waals surface area contributed by atoms with Gasteiger partial charge < -0.3 is 9.47 Å². The molecule has 0 aromatic carbocycles. The summed E-state index contributed by atoms with van der Waals surface area (Å²) in [5.74, 6) is 0.506. The van der Waals surface area contributed by atoms with Crippen molar-refractivity contribution in [3.63, 3.8) is 0 Å².